The molecule has 0 spiro atoms. The quantitative estimate of drug-likeness (QED) is 0.797. The van der Waals surface area contributed by atoms with Crippen molar-refractivity contribution < 1.29 is 23.7 Å². The van der Waals surface area contributed by atoms with Crippen molar-refractivity contribution in [2.75, 3.05) is 13.9 Å². The number of hydrogen-bond donors (Lipinski definition) is 1. The van der Waals surface area contributed by atoms with Crippen molar-refractivity contribution in [3.8, 4) is 28.4 Å². The summed E-state index contributed by atoms with van der Waals surface area (Å²) in [6.45, 7) is 0.00277. The molecule has 2 heterocycles. The summed E-state index contributed by atoms with van der Waals surface area (Å²) < 4.78 is 21.6. The topological polar surface area (TPSA) is 78.1 Å². The van der Waals surface area contributed by atoms with E-state index in [4.69, 9.17) is 18.6 Å². The summed E-state index contributed by atoms with van der Waals surface area (Å²) in [5.41, 5.74) is 1.83. The average molecular weight is 326 g/mol. The standard InChI is InChI=1S/C18H14O6/c1-21-15-4-10(7-19)5-16-17(15)18(20)12(8-22-16)11-2-3-13-14(6-11)24-9-23-13/h2-6,8,19H,7,9H2,1H3. The summed E-state index contributed by atoms with van der Waals surface area (Å²) in [6.07, 6.45) is 1.41. The Bertz CT molecular complexity index is 989. The van der Waals surface area contributed by atoms with Crippen molar-refractivity contribution in [2.45, 2.75) is 6.61 Å². The summed E-state index contributed by atoms with van der Waals surface area (Å²) in [6, 6.07) is 8.54. The van der Waals surface area contributed by atoms with Crippen molar-refractivity contribution in [3.63, 3.8) is 0 Å². The van der Waals surface area contributed by atoms with E-state index in [1.807, 2.05) is 0 Å². The fourth-order valence-corrected chi connectivity index (χ4v) is 2.79. The Morgan fingerprint density at radius 1 is 1.17 bits per heavy atom. The van der Waals surface area contributed by atoms with Gasteiger partial charge in [-0.05, 0) is 35.4 Å². The van der Waals surface area contributed by atoms with E-state index in [0.717, 1.165) is 0 Å². The van der Waals surface area contributed by atoms with Crippen LogP contribution >= 0.6 is 0 Å². The first-order valence-corrected chi connectivity index (χ1v) is 7.34. The largest absolute Gasteiger partial charge is 0.496 e. The third kappa shape index (κ3) is 2.19. The molecule has 6 nitrogen and oxygen atoms in total. The number of hydrogen-bond acceptors (Lipinski definition) is 6. The first-order valence-electron chi connectivity index (χ1n) is 7.34. The molecule has 3 aromatic rings. The predicted octanol–water partition coefficient (Wildman–Crippen LogP) is 2.69. The minimum absolute atomic E-state index is 0.167. The van der Waals surface area contributed by atoms with Gasteiger partial charge in [0.2, 0.25) is 12.2 Å². The number of fused-ring (bicyclic) bond motifs is 2. The first-order chi connectivity index (χ1) is 11.7. The molecule has 0 amide bonds. The summed E-state index contributed by atoms with van der Waals surface area (Å²) in [7, 11) is 1.47. The minimum atomic E-state index is -0.212. The number of rotatable bonds is 3. The van der Waals surface area contributed by atoms with Crippen LogP contribution in [-0.4, -0.2) is 19.0 Å². The smallest absolute Gasteiger partial charge is 0.231 e. The molecule has 1 aromatic heterocycles. The molecular formula is C18H14O6. The highest BCUT2D eigenvalue weighted by molar-refractivity contribution is 5.88. The maximum Gasteiger partial charge on any atom is 0.231 e. The molecule has 0 saturated carbocycles. The van der Waals surface area contributed by atoms with Gasteiger partial charge in [-0.2, -0.15) is 0 Å². The Labute approximate surface area is 136 Å². The molecule has 2 aromatic carbocycles. The Kier molecular flexibility index (Phi) is 3.39. The lowest BCUT2D eigenvalue weighted by Gasteiger charge is -2.09. The van der Waals surface area contributed by atoms with Gasteiger partial charge in [0.1, 0.15) is 23.0 Å². The van der Waals surface area contributed by atoms with Gasteiger partial charge in [-0.3, -0.25) is 4.79 Å². The van der Waals surface area contributed by atoms with E-state index in [1.54, 1.807) is 30.3 Å². The Hall–Kier alpha value is -2.99. The van der Waals surface area contributed by atoms with Crippen molar-refractivity contribution in [3.05, 3.63) is 52.4 Å². The second kappa shape index (κ2) is 5.58. The second-order valence-corrected chi connectivity index (χ2v) is 5.38. The van der Waals surface area contributed by atoms with Gasteiger partial charge >= 0.3 is 0 Å². The molecule has 0 bridgehead atoms. The van der Waals surface area contributed by atoms with Crippen LogP contribution in [0.4, 0.5) is 0 Å². The molecule has 0 saturated heterocycles. The molecule has 0 fully saturated rings. The van der Waals surface area contributed by atoms with E-state index in [-0.39, 0.29) is 18.8 Å². The van der Waals surface area contributed by atoms with Gasteiger partial charge in [-0.1, -0.05) is 6.07 Å². The fraction of sp³-hybridized carbons (Fsp3) is 0.167. The predicted molar refractivity (Wildman–Crippen MR) is 86.5 cm³/mol. The monoisotopic (exact) mass is 326 g/mol. The van der Waals surface area contributed by atoms with E-state index in [0.29, 0.717) is 44.9 Å². The van der Waals surface area contributed by atoms with Crippen LogP contribution < -0.4 is 19.6 Å². The lowest BCUT2D eigenvalue weighted by Crippen LogP contribution is -2.07. The highest BCUT2D eigenvalue weighted by Crippen LogP contribution is 2.36. The van der Waals surface area contributed by atoms with Gasteiger partial charge in [0, 0.05) is 0 Å². The molecule has 0 atom stereocenters. The van der Waals surface area contributed by atoms with Crippen LogP contribution in [0.2, 0.25) is 0 Å². The van der Waals surface area contributed by atoms with E-state index >= 15 is 0 Å². The number of ether oxygens (including phenoxy) is 3. The zero-order valence-corrected chi connectivity index (χ0v) is 12.9. The van der Waals surface area contributed by atoms with Crippen LogP contribution in [0.15, 0.2) is 45.8 Å². The van der Waals surface area contributed by atoms with Crippen LogP contribution in [0.5, 0.6) is 17.2 Å². The Morgan fingerprint density at radius 3 is 2.79 bits per heavy atom. The second-order valence-electron chi connectivity index (χ2n) is 5.38. The van der Waals surface area contributed by atoms with Crippen LogP contribution in [0.25, 0.3) is 22.1 Å². The minimum Gasteiger partial charge on any atom is -0.496 e. The summed E-state index contributed by atoms with van der Waals surface area (Å²) in [5, 5.41) is 9.65. The summed E-state index contributed by atoms with van der Waals surface area (Å²) in [4.78, 5) is 12.9. The molecule has 24 heavy (non-hydrogen) atoms. The Morgan fingerprint density at radius 2 is 2.00 bits per heavy atom. The molecule has 122 valence electrons. The van der Waals surface area contributed by atoms with Gasteiger partial charge in [-0.15, -0.1) is 0 Å². The van der Waals surface area contributed by atoms with E-state index < -0.39 is 0 Å². The number of benzene rings is 2. The molecule has 1 N–H and O–H groups in total. The maximum absolute atomic E-state index is 12.9. The number of aliphatic hydroxyl groups excluding tert-OH is 1. The van der Waals surface area contributed by atoms with Crippen LogP contribution in [0.3, 0.4) is 0 Å². The summed E-state index contributed by atoms with van der Waals surface area (Å²) >= 11 is 0. The molecule has 1 aliphatic heterocycles. The molecule has 0 radical (unpaired) electrons. The lowest BCUT2D eigenvalue weighted by molar-refractivity contribution is 0.174. The number of aliphatic hydroxyl groups is 1. The first kappa shape index (κ1) is 14.6. The van der Waals surface area contributed by atoms with Gasteiger partial charge in [-0.25, -0.2) is 0 Å². The fourth-order valence-electron chi connectivity index (χ4n) is 2.79. The van der Waals surface area contributed by atoms with Crippen molar-refractivity contribution >= 4 is 11.0 Å². The van der Waals surface area contributed by atoms with Gasteiger partial charge in [0.05, 0.1) is 19.3 Å². The van der Waals surface area contributed by atoms with Crippen LogP contribution in [0, 0.1) is 0 Å². The molecule has 1 aliphatic rings. The van der Waals surface area contributed by atoms with Gasteiger partial charge in [0.15, 0.2) is 11.5 Å². The van der Waals surface area contributed by atoms with Gasteiger partial charge < -0.3 is 23.7 Å². The zero-order valence-electron chi connectivity index (χ0n) is 12.9. The van der Waals surface area contributed by atoms with E-state index in [2.05, 4.69) is 0 Å². The highest BCUT2D eigenvalue weighted by Gasteiger charge is 2.18. The molecule has 0 unspecified atom stereocenters. The zero-order chi connectivity index (χ0) is 16.7. The van der Waals surface area contributed by atoms with E-state index in [9.17, 15) is 9.90 Å². The highest BCUT2D eigenvalue weighted by atomic mass is 16.7. The maximum atomic E-state index is 12.9. The normalized spacial score (nSPS) is 12.6. The lowest BCUT2D eigenvalue weighted by atomic mass is 10.0. The number of methoxy groups -OCH3 is 1. The summed E-state index contributed by atoms with van der Waals surface area (Å²) in [5.74, 6) is 1.61. The van der Waals surface area contributed by atoms with Crippen molar-refractivity contribution in [1.29, 1.82) is 0 Å². The van der Waals surface area contributed by atoms with Crippen molar-refractivity contribution in [1.82, 2.24) is 0 Å². The third-order valence-electron chi connectivity index (χ3n) is 3.99. The van der Waals surface area contributed by atoms with Crippen LogP contribution in [0.1, 0.15) is 5.56 Å². The SMILES string of the molecule is COc1cc(CO)cc2occ(-c3ccc4c(c3)OCO4)c(=O)c12. The molecule has 0 aliphatic carbocycles. The van der Waals surface area contributed by atoms with Crippen LogP contribution in [-0.2, 0) is 6.61 Å². The molecular weight excluding hydrogens is 312 g/mol. The third-order valence-corrected chi connectivity index (χ3v) is 3.99. The molecule has 4 rings (SSSR count). The molecule has 6 heteroatoms. The Balaban J connectivity index is 1.94. The van der Waals surface area contributed by atoms with Gasteiger partial charge in [0.25, 0.3) is 0 Å². The van der Waals surface area contributed by atoms with E-state index in [1.165, 1.54) is 13.4 Å². The van der Waals surface area contributed by atoms with Crippen molar-refractivity contribution in [2.24, 2.45) is 0 Å². The average Bonchev–Trinajstić information content (AvgIpc) is 3.08.